The van der Waals surface area contributed by atoms with Gasteiger partial charge in [-0.25, -0.2) is 12.8 Å². The molecule has 50 heavy (non-hydrogen) atoms. The van der Waals surface area contributed by atoms with Crippen molar-refractivity contribution in [1.29, 1.82) is 0 Å². The zero-order valence-electron chi connectivity index (χ0n) is 28.0. The summed E-state index contributed by atoms with van der Waals surface area (Å²) < 4.78 is 49.0. The summed E-state index contributed by atoms with van der Waals surface area (Å²) in [5.41, 5.74) is 0.916. The summed E-state index contributed by atoms with van der Waals surface area (Å²) in [5, 5.41) is 14.8. The number of ether oxygens (including phenoxy) is 1. The van der Waals surface area contributed by atoms with E-state index in [9.17, 15) is 32.5 Å². The van der Waals surface area contributed by atoms with Crippen LogP contribution in [-0.2, 0) is 32.6 Å². The quantitative estimate of drug-likeness (QED) is 0.112. The average Bonchev–Trinajstić information content (AvgIpc) is 3.08. The van der Waals surface area contributed by atoms with E-state index in [1.165, 1.54) is 73.5 Å². The topological polar surface area (TPSA) is 139 Å². The molecule has 0 aliphatic carbocycles. The van der Waals surface area contributed by atoms with E-state index in [-0.39, 0.29) is 40.9 Å². The molecule has 1 N–H and O–H groups in total. The van der Waals surface area contributed by atoms with Gasteiger partial charge in [0, 0.05) is 36.2 Å². The molecular formula is C36H38ClFN4O7S. The van der Waals surface area contributed by atoms with Crippen LogP contribution in [0.25, 0.3) is 0 Å². The molecule has 0 heterocycles. The zero-order chi connectivity index (χ0) is 36.6. The number of amides is 2. The lowest BCUT2D eigenvalue weighted by Crippen LogP contribution is -2.53. The smallest absolute Gasteiger partial charge is 0.273 e. The van der Waals surface area contributed by atoms with Crippen molar-refractivity contribution in [1.82, 2.24) is 10.2 Å². The predicted molar refractivity (Wildman–Crippen MR) is 189 cm³/mol. The number of halogens is 2. The molecule has 11 nitrogen and oxygen atoms in total. The molecule has 0 saturated heterocycles. The third-order valence-electron chi connectivity index (χ3n) is 7.88. The van der Waals surface area contributed by atoms with Crippen molar-refractivity contribution in [3.63, 3.8) is 0 Å². The van der Waals surface area contributed by atoms with Crippen LogP contribution in [0.3, 0.4) is 0 Å². The lowest BCUT2D eigenvalue weighted by molar-refractivity contribution is -0.385. The maximum Gasteiger partial charge on any atom is 0.273 e. The number of benzene rings is 4. The number of nitrogens with zero attached hydrogens (tertiary/aromatic N) is 3. The zero-order valence-corrected chi connectivity index (χ0v) is 29.6. The van der Waals surface area contributed by atoms with Gasteiger partial charge in [-0.2, -0.15) is 0 Å². The first-order valence-electron chi connectivity index (χ1n) is 15.7. The van der Waals surface area contributed by atoms with Crippen molar-refractivity contribution >= 4 is 44.8 Å². The van der Waals surface area contributed by atoms with Gasteiger partial charge in [-0.15, -0.1) is 0 Å². The number of rotatable bonds is 15. The second-order valence-electron chi connectivity index (χ2n) is 12.0. The van der Waals surface area contributed by atoms with Crippen LogP contribution in [0.4, 0.5) is 15.8 Å². The number of nitro benzene ring substituents is 1. The largest absolute Gasteiger partial charge is 0.495 e. The highest BCUT2D eigenvalue weighted by atomic mass is 35.5. The van der Waals surface area contributed by atoms with Crippen LogP contribution in [0.2, 0.25) is 5.02 Å². The number of nitro groups is 1. The van der Waals surface area contributed by atoms with Crippen LogP contribution in [0.1, 0.15) is 30.5 Å². The minimum absolute atomic E-state index is 0.0491. The second-order valence-corrected chi connectivity index (χ2v) is 14.3. The standard InChI is InChI=1S/C36H38ClFN4O7S/c1-24(2)21-39-36(44)33(18-26-8-6-5-7-9-26)40(22-27-11-14-29(38)15-12-27)35(43)23-41(32-19-28(37)13-17-34(32)49-4)50(47,48)30-16-10-25(3)31(20-30)42(45)46/h5-17,19-20,24,33H,18,21-23H2,1-4H3,(H,39,44)/t33-/m0/s1. The summed E-state index contributed by atoms with van der Waals surface area (Å²) >= 11 is 6.32. The maximum atomic E-state index is 14.6. The lowest BCUT2D eigenvalue weighted by Gasteiger charge is -2.34. The number of nitrogens with one attached hydrogen (secondary N) is 1. The Morgan fingerprint density at radius 2 is 1.66 bits per heavy atom. The van der Waals surface area contributed by atoms with E-state index >= 15 is 0 Å². The molecule has 0 aliphatic heterocycles. The van der Waals surface area contributed by atoms with E-state index in [0.717, 1.165) is 15.9 Å². The van der Waals surface area contributed by atoms with Crippen molar-refractivity contribution in [2.75, 3.05) is 24.5 Å². The monoisotopic (exact) mass is 724 g/mol. The van der Waals surface area contributed by atoms with Gasteiger partial charge in [0.2, 0.25) is 11.8 Å². The van der Waals surface area contributed by atoms with E-state index in [0.29, 0.717) is 12.1 Å². The Hall–Kier alpha value is -5.01. The molecule has 264 valence electrons. The molecule has 0 bridgehead atoms. The van der Waals surface area contributed by atoms with Crippen LogP contribution >= 0.6 is 11.6 Å². The summed E-state index contributed by atoms with van der Waals surface area (Å²) in [6.45, 7) is 4.59. The minimum atomic E-state index is -4.72. The highest BCUT2D eigenvalue weighted by Gasteiger charge is 2.36. The fourth-order valence-corrected chi connectivity index (χ4v) is 6.81. The Morgan fingerprint density at radius 3 is 2.28 bits per heavy atom. The number of sulfonamides is 1. The summed E-state index contributed by atoms with van der Waals surface area (Å²) in [5.74, 6) is -1.62. The minimum Gasteiger partial charge on any atom is -0.495 e. The Balaban J connectivity index is 1.88. The molecule has 0 unspecified atom stereocenters. The Bertz CT molecular complexity index is 1940. The van der Waals surface area contributed by atoms with Crippen LogP contribution in [-0.4, -0.2) is 56.3 Å². The van der Waals surface area contributed by atoms with Gasteiger partial charge in [-0.3, -0.25) is 24.0 Å². The van der Waals surface area contributed by atoms with Crippen LogP contribution in [0.15, 0.2) is 95.9 Å². The molecule has 0 aromatic heterocycles. The second kappa shape index (κ2) is 16.6. The Morgan fingerprint density at radius 1 is 0.980 bits per heavy atom. The van der Waals surface area contributed by atoms with Crippen molar-refractivity contribution in [3.05, 3.63) is 129 Å². The Kier molecular flexibility index (Phi) is 12.5. The first kappa shape index (κ1) is 37.8. The molecule has 0 aliphatic rings. The number of hydrogen-bond donors (Lipinski definition) is 1. The van der Waals surface area contributed by atoms with Crippen molar-refractivity contribution in [3.8, 4) is 5.75 Å². The van der Waals surface area contributed by atoms with Gasteiger partial charge in [0.25, 0.3) is 15.7 Å². The molecule has 4 aromatic rings. The van der Waals surface area contributed by atoms with E-state index in [4.69, 9.17) is 16.3 Å². The number of hydrogen-bond acceptors (Lipinski definition) is 7. The SMILES string of the molecule is COc1ccc(Cl)cc1N(CC(=O)N(Cc1ccc(F)cc1)[C@@H](Cc1ccccc1)C(=O)NCC(C)C)S(=O)(=O)c1ccc(C)c([N+](=O)[O-])c1. The summed E-state index contributed by atoms with van der Waals surface area (Å²) in [4.78, 5) is 40.4. The molecule has 0 saturated carbocycles. The normalized spacial score (nSPS) is 11.9. The van der Waals surface area contributed by atoms with Gasteiger partial charge in [-0.05, 0) is 60.4 Å². The third kappa shape index (κ3) is 9.36. The van der Waals surface area contributed by atoms with Gasteiger partial charge in [0.15, 0.2) is 0 Å². The Labute approximate surface area is 295 Å². The first-order chi connectivity index (χ1) is 23.7. The number of methoxy groups -OCH3 is 1. The number of carbonyl (C=O) groups is 2. The van der Waals surface area contributed by atoms with Gasteiger partial charge in [-0.1, -0.05) is 74.0 Å². The van der Waals surface area contributed by atoms with Crippen molar-refractivity contribution in [2.45, 2.75) is 44.7 Å². The predicted octanol–water partition coefficient (Wildman–Crippen LogP) is 6.31. The highest BCUT2D eigenvalue weighted by Crippen LogP contribution is 2.36. The van der Waals surface area contributed by atoms with Crippen molar-refractivity contribution < 1.29 is 32.1 Å². The van der Waals surface area contributed by atoms with Crippen LogP contribution in [0.5, 0.6) is 5.75 Å². The average molecular weight is 725 g/mol. The number of carbonyl (C=O) groups excluding carboxylic acids is 2. The molecule has 1 atom stereocenters. The highest BCUT2D eigenvalue weighted by molar-refractivity contribution is 7.92. The summed E-state index contributed by atoms with van der Waals surface area (Å²) in [6, 6.07) is 20.9. The van der Waals surface area contributed by atoms with Gasteiger partial charge in [0.1, 0.15) is 24.2 Å². The molecule has 0 fully saturated rings. The molecule has 0 radical (unpaired) electrons. The molecule has 4 aromatic carbocycles. The van der Waals surface area contributed by atoms with Gasteiger partial charge in [0.05, 0.1) is 22.6 Å². The van der Waals surface area contributed by atoms with E-state index in [1.807, 2.05) is 19.9 Å². The van der Waals surface area contributed by atoms with E-state index in [1.54, 1.807) is 24.3 Å². The summed E-state index contributed by atoms with van der Waals surface area (Å²) in [7, 11) is -3.41. The van der Waals surface area contributed by atoms with E-state index < -0.39 is 55.7 Å². The van der Waals surface area contributed by atoms with Gasteiger partial charge < -0.3 is 15.0 Å². The number of aryl methyl sites for hydroxylation is 1. The fourth-order valence-electron chi connectivity index (χ4n) is 5.21. The molecule has 2 amide bonds. The van der Waals surface area contributed by atoms with Crippen molar-refractivity contribution in [2.24, 2.45) is 5.92 Å². The molecule has 14 heteroatoms. The first-order valence-corrected chi connectivity index (χ1v) is 17.5. The lowest BCUT2D eigenvalue weighted by atomic mass is 10.0. The van der Waals surface area contributed by atoms with Crippen LogP contribution in [0, 0.1) is 28.8 Å². The van der Waals surface area contributed by atoms with Gasteiger partial charge >= 0.3 is 0 Å². The summed E-state index contributed by atoms with van der Waals surface area (Å²) in [6.07, 6.45) is 0.0785. The van der Waals surface area contributed by atoms with Crippen LogP contribution < -0.4 is 14.4 Å². The molecule has 4 rings (SSSR count). The van der Waals surface area contributed by atoms with E-state index in [2.05, 4.69) is 5.32 Å². The fraction of sp³-hybridized carbons (Fsp3) is 0.278. The number of anilines is 1. The molecular weight excluding hydrogens is 687 g/mol. The third-order valence-corrected chi connectivity index (χ3v) is 9.87. The molecule has 0 spiro atoms. The maximum absolute atomic E-state index is 14.6.